The zero-order valence-corrected chi connectivity index (χ0v) is 21.8. The van der Waals surface area contributed by atoms with Gasteiger partial charge in [-0.1, -0.05) is 33.3 Å². The largest absolute Gasteiger partial charge is 0.458 e. The van der Waals surface area contributed by atoms with Crippen LogP contribution in [0.4, 0.5) is 0 Å². The third-order valence-electron chi connectivity index (χ3n) is 11.2. The van der Waals surface area contributed by atoms with Crippen LogP contribution in [0.5, 0.6) is 0 Å². The number of ether oxygens (including phenoxy) is 3. The summed E-state index contributed by atoms with van der Waals surface area (Å²) < 4.78 is 18.6. The van der Waals surface area contributed by atoms with Crippen LogP contribution in [0.3, 0.4) is 0 Å². The summed E-state index contributed by atoms with van der Waals surface area (Å²) in [5.41, 5.74) is 0.437. The van der Waals surface area contributed by atoms with Gasteiger partial charge in [0.15, 0.2) is 5.79 Å². The number of carbonyl (C=O) groups excluding carboxylic acids is 3. The second kappa shape index (κ2) is 7.74. The van der Waals surface area contributed by atoms with Crippen LogP contribution in [0.15, 0.2) is 11.6 Å². The number of esters is 1. The van der Waals surface area contributed by atoms with Crippen molar-refractivity contribution in [1.29, 1.82) is 0 Å². The van der Waals surface area contributed by atoms with E-state index in [2.05, 4.69) is 27.7 Å². The molecular formula is C29H40O6. The molecule has 1 spiro atoms. The molecule has 0 amide bonds. The first-order chi connectivity index (χ1) is 16.5. The molecule has 2 aliphatic heterocycles. The van der Waals surface area contributed by atoms with E-state index in [1.165, 1.54) is 6.92 Å². The molecule has 11 atom stereocenters. The lowest BCUT2D eigenvalue weighted by atomic mass is 9.45. The summed E-state index contributed by atoms with van der Waals surface area (Å²) in [7, 11) is 0. The van der Waals surface area contributed by atoms with Gasteiger partial charge in [0.05, 0.1) is 12.7 Å². The third kappa shape index (κ3) is 3.24. The van der Waals surface area contributed by atoms with E-state index in [0.717, 1.165) is 37.9 Å². The molecule has 35 heavy (non-hydrogen) atoms. The van der Waals surface area contributed by atoms with Crippen LogP contribution in [0, 0.1) is 46.3 Å². The van der Waals surface area contributed by atoms with Crippen molar-refractivity contribution >= 4 is 17.5 Å². The Hall–Kier alpha value is -1.53. The van der Waals surface area contributed by atoms with Crippen LogP contribution in [-0.4, -0.2) is 42.1 Å². The standard InChI is InChI=1S/C29H40O6/c1-15-6-9-29(33-14-15)16(2)25-23(35-29)12-20-24-21(31)11-18-10-19(34-17(3)30)7-8-27(18,4)26(24)22(32)13-28(20,25)5/h10,15-16,19-20,23-26H,6-9,11-14H2,1-5H3/t15-,16+,19+,20-,23+,24-,25+,26+,27+,28+,29-/m1/s1. The SMILES string of the molecule is CC(=O)O[C@@H]1C=C2CC(=O)[C@H]3[C@H]4C[C@@H]5O[C@]6(CC[C@@H](C)CO6)[C@@H](C)[C@@H]5[C@@]4(C)CC(=O)[C@@H]3[C@@]2(C)CC1. The highest BCUT2D eigenvalue weighted by molar-refractivity contribution is 5.96. The van der Waals surface area contributed by atoms with Crippen molar-refractivity contribution in [2.75, 3.05) is 6.61 Å². The van der Waals surface area contributed by atoms with Gasteiger partial charge >= 0.3 is 5.97 Å². The van der Waals surface area contributed by atoms with E-state index in [1.54, 1.807) is 0 Å². The van der Waals surface area contributed by atoms with Crippen molar-refractivity contribution in [2.24, 2.45) is 46.3 Å². The van der Waals surface area contributed by atoms with Gasteiger partial charge in [-0.15, -0.1) is 0 Å². The maximum Gasteiger partial charge on any atom is 0.303 e. The van der Waals surface area contributed by atoms with E-state index in [-0.39, 0.29) is 70.2 Å². The Labute approximate surface area is 208 Å². The Morgan fingerprint density at radius 1 is 1.11 bits per heavy atom. The smallest absolute Gasteiger partial charge is 0.303 e. The molecule has 6 heteroatoms. The summed E-state index contributed by atoms with van der Waals surface area (Å²) in [5, 5.41) is 0. The van der Waals surface area contributed by atoms with Gasteiger partial charge in [-0.2, -0.15) is 0 Å². The van der Waals surface area contributed by atoms with Crippen molar-refractivity contribution in [1.82, 2.24) is 0 Å². The minimum Gasteiger partial charge on any atom is -0.458 e. The van der Waals surface area contributed by atoms with Crippen LogP contribution < -0.4 is 0 Å². The zero-order chi connectivity index (χ0) is 24.9. The van der Waals surface area contributed by atoms with Gasteiger partial charge in [-0.3, -0.25) is 14.4 Å². The van der Waals surface area contributed by atoms with E-state index in [4.69, 9.17) is 14.2 Å². The molecule has 0 unspecified atom stereocenters. The monoisotopic (exact) mass is 484 g/mol. The van der Waals surface area contributed by atoms with E-state index in [0.29, 0.717) is 25.2 Å². The summed E-state index contributed by atoms with van der Waals surface area (Å²) in [6.07, 6.45) is 6.96. The number of rotatable bonds is 1. The van der Waals surface area contributed by atoms with Crippen LogP contribution in [0.1, 0.15) is 79.6 Å². The van der Waals surface area contributed by atoms with Gasteiger partial charge in [0.25, 0.3) is 0 Å². The Kier molecular flexibility index (Phi) is 5.27. The molecule has 3 saturated carbocycles. The number of allylic oxidation sites excluding steroid dienone is 1. The zero-order valence-electron chi connectivity index (χ0n) is 21.8. The van der Waals surface area contributed by atoms with Gasteiger partial charge < -0.3 is 14.2 Å². The summed E-state index contributed by atoms with van der Waals surface area (Å²) in [5.74, 6) is 0.260. The fourth-order valence-corrected chi connectivity index (χ4v) is 9.54. The number of hydrogen-bond acceptors (Lipinski definition) is 6. The molecule has 0 bridgehead atoms. The molecular weight excluding hydrogens is 444 g/mol. The van der Waals surface area contributed by atoms with Crippen LogP contribution in [0.2, 0.25) is 0 Å². The summed E-state index contributed by atoms with van der Waals surface area (Å²) in [6, 6.07) is 0. The molecule has 4 aliphatic carbocycles. The second-order valence-corrected chi connectivity index (χ2v) is 13.2. The first-order valence-electron chi connectivity index (χ1n) is 13.7. The Bertz CT molecular complexity index is 991. The molecule has 0 aromatic rings. The molecule has 0 radical (unpaired) electrons. The molecule has 5 fully saturated rings. The van der Waals surface area contributed by atoms with Crippen molar-refractivity contribution in [3.05, 3.63) is 11.6 Å². The molecule has 6 nitrogen and oxygen atoms in total. The number of fused-ring (bicyclic) bond motifs is 7. The first-order valence-corrected chi connectivity index (χ1v) is 13.7. The normalized spacial score (nSPS) is 52.9. The Balaban J connectivity index is 1.31. The van der Waals surface area contributed by atoms with Crippen LogP contribution >= 0.6 is 0 Å². The topological polar surface area (TPSA) is 78.9 Å². The van der Waals surface area contributed by atoms with Crippen LogP contribution in [0.25, 0.3) is 0 Å². The number of ketones is 2. The highest BCUT2D eigenvalue weighted by Crippen LogP contribution is 2.69. The molecule has 0 aromatic heterocycles. The molecule has 6 rings (SSSR count). The lowest BCUT2D eigenvalue weighted by molar-refractivity contribution is -0.272. The minimum atomic E-state index is -0.525. The van der Waals surface area contributed by atoms with Gasteiger partial charge in [0, 0.05) is 43.9 Å². The van der Waals surface area contributed by atoms with E-state index in [9.17, 15) is 14.4 Å². The predicted octanol–water partition coefficient (Wildman–Crippen LogP) is 4.64. The molecule has 2 heterocycles. The van der Waals surface area contributed by atoms with E-state index >= 15 is 0 Å². The average molecular weight is 485 g/mol. The van der Waals surface area contributed by atoms with Crippen molar-refractivity contribution in [2.45, 2.75) is 97.6 Å². The van der Waals surface area contributed by atoms with Gasteiger partial charge in [0.1, 0.15) is 17.7 Å². The summed E-state index contributed by atoms with van der Waals surface area (Å²) >= 11 is 0. The lowest BCUT2D eigenvalue weighted by Crippen LogP contribution is -2.59. The van der Waals surface area contributed by atoms with Gasteiger partial charge in [-0.25, -0.2) is 0 Å². The lowest BCUT2D eigenvalue weighted by Gasteiger charge is -2.57. The number of carbonyl (C=O) groups is 3. The van der Waals surface area contributed by atoms with Gasteiger partial charge in [0.2, 0.25) is 0 Å². The van der Waals surface area contributed by atoms with Gasteiger partial charge in [-0.05, 0) is 60.3 Å². The molecule has 2 saturated heterocycles. The average Bonchev–Trinajstić information content (AvgIpc) is 3.21. The first kappa shape index (κ1) is 23.8. The minimum absolute atomic E-state index is 0.0530. The summed E-state index contributed by atoms with van der Waals surface area (Å²) in [4.78, 5) is 39.3. The Morgan fingerprint density at radius 2 is 1.89 bits per heavy atom. The highest BCUT2D eigenvalue weighted by atomic mass is 16.7. The van der Waals surface area contributed by atoms with Crippen molar-refractivity contribution in [3.8, 4) is 0 Å². The maximum absolute atomic E-state index is 14.0. The molecule has 0 N–H and O–H groups in total. The molecule has 192 valence electrons. The Morgan fingerprint density at radius 3 is 2.57 bits per heavy atom. The van der Waals surface area contributed by atoms with E-state index < -0.39 is 5.79 Å². The third-order valence-corrected chi connectivity index (χ3v) is 11.2. The van der Waals surface area contributed by atoms with Crippen LogP contribution in [-0.2, 0) is 28.6 Å². The summed E-state index contributed by atoms with van der Waals surface area (Å²) in [6.45, 7) is 11.1. The number of hydrogen-bond donors (Lipinski definition) is 0. The van der Waals surface area contributed by atoms with Crippen molar-refractivity contribution in [3.63, 3.8) is 0 Å². The fourth-order valence-electron chi connectivity index (χ4n) is 9.54. The number of Topliss-reactive ketones (excluding diaryl/α,β-unsaturated/α-hetero) is 2. The van der Waals surface area contributed by atoms with Crippen molar-refractivity contribution < 1.29 is 28.6 Å². The predicted molar refractivity (Wildman–Crippen MR) is 128 cm³/mol. The molecule has 0 aromatic carbocycles. The highest BCUT2D eigenvalue weighted by Gasteiger charge is 2.71. The van der Waals surface area contributed by atoms with E-state index in [1.807, 2.05) is 6.08 Å². The molecule has 6 aliphatic rings. The maximum atomic E-state index is 14.0. The second-order valence-electron chi connectivity index (χ2n) is 13.2. The quantitative estimate of drug-likeness (QED) is 0.398. The fraction of sp³-hybridized carbons (Fsp3) is 0.828.